The zero-order chi connectivity index (χ0) is 12.7. The zero-order valence-corrected chi connectivity index (χ0v) is 11.4. The highest BCUT2D eigenvalue weighted by atomic mass is 35.5. The van der Waals surface area contributed by atoms with Crippen LogP contribution in [0.25, 0.3) is 0 Å². The lowest BCUT2D eigenvalue weighted by atomic mass is 10.1. The van der Waals surface area contributed by atoms with Gasteiger partial charge in [0.25, 0.3) is 0 Å². The first-order valence-electron chi connectivity index (χ1n) is 5.62. The minimum Gasteiger partial charge on any atom is -0.387 e. The number of aliphatic hydroxyl groups excluding tert-OH is 1. The van der Waals surface area contributed by atoms with Crippen LogP contribution in [0.5, 0.6) is 0 Å². The second-order valence-electron chi connectivity index (χ2n) is 3.70. The monoisotopic (exact) mass is 275 g/mol. The summed E-state index contributed by atoms with van der Waals surface area (Å²) in [5, 5.41) is 13.6. The van der Waals surface area contributed by atoms with Gasteiger partial charge in [-0.3, -0.25) is 4.21 Å². The molecule has 0 bridgehead atoms. The molecule has 0 saturated carbocycles. The van der Waals surface area contributed by atoms with Crippen molar-refractivity contribution in [2.24, 2.45) is 0 Å². The molecule has 0 aliphatic heterocycles. The Labute approximate surface area is 110 Å². The van der Waals surface area contributed by atoms with Gasteiger partial charge in [-0.05, 0) is 17.7 Å². The molecule has 5 heteroatoms. The highest BCUT2D eigenvalue weighted by molar-refractivity contribution is 7.84. The number of aliphatic hydroxyl groups is 1. The number of rotatable bonds is 7. The van der Waals surface area contributed by atoms with Gasteiger partial charge < -0.3 is 10.4 Å². The molecule has 96 valence electrons. The van der Waals surface area contributed by atoms with Crippen LogP contribution >= 0.6 is 11.6 Å². The summed E-state index contributed by atoms with van der Waals surface area (Å²) in [7, 11) is -0.751. The van der Waals surface area contributed by atoms with E-state index in [0.29, 0.717) is 29.6 Å². The number of benzene rings is 1. The van der Waals surface area contributed by atoms with Crippen molar-refractivity contribution in [2.75, 3.05) is 24.6 Å². The van der Waals surface area contributed by atoms with Crippen molar-refractivity contribution in [1.82, 2.24) is 5.32 Å². The van der Waals surface area contributed by atoms with E-state index >= 15 is 0 Å². The highest BCUT2D eigenvalue weighted by Gasteiger charge is 2.06. The van der Waals surface area contributed by atoms with Gasteiger partial charge in [-0.2, -0.15) is 0 Å². The topological polar surface area (TPSA) is 49.3 Å². The first-order valence-corrected chi connectivity index (χ1v) is 7.49. The Morgan fingerprint density at radius 2 is 2.06 bits per heavy atom. The molecule has 2 unspecified atom stereocenters. The van der Waals surface area contributed by atoms with Crippen molar-refractivity contribution in [2.45, 2.75) is 13.0 Å². The van der Waals surface area contributed by atoms with Gasteiger partial charge in [-0.1, -0.05) is 30.7 Å². The Balaban J connectivity index is 2.27. The van der Waals surface area contributed by atoms with E-state index in [2.05, 4.69) is 5.32 Å². The highest BCUT2D eigenvalue weighted by Crippen LogP contribution is 2.15. The predicted molar refractivity (Wildman–Crippen MR) is 72.8 cm³/mol. The van der Waals surface area contributed by atoms with Gasteiger partial charge in [0.15, 0.2) is 0 Å². The first kappa shape index (κ1) is 14.6. The average Bonchev–Trinajstić information content (AvgIpc) is 2.34. The molecule has 0 heterocycles. The molecule has 2 N–H and O–H groups in total. The lowest BCUT2D eigenvalue weighted by Gasteiger charge is -2.12. The van der Waals surface area contributed by atoms with Crippen molar-refractivity contribution in [1.29, 1.82) is 0 Å². The lowest BCUT2D eigenvalue weighted by Crippen LogP contribution is -2.26. The Kier molecular flexibility index (Phi) is 6.73. The number of hydrogen-bond donors (Lipinski definition) is 2. The van der Waals surface area contributed by atoms with Crippen LogP contribution in [0.2, 0.25) is 5.02 Å². The maximum Gasteiger partial charge on any atom is 0.0914 e. The smallest absolute Gasteiger partial charge is 0.0914 e. The van der Waals surface area contributed by atoms with Crippen LogP contribution in [0.4, 0.5) is 0 Å². The molecule has 1 aromatic rings. The fourth-order valence-electron chi connectivity index (χ4n) is 1.37. The van der Waals surface area contributed by atoms with E-state index in [4.69, 9.17) is 11.6 Å². The maximum absolute atomic E-state index is 11.2. The SMILES string of the molecule is CCS(=O)CCNCC(O)c1ccc(Cl)cc1. The summed E-state index contributed by atoms with van der Waals surface area (Å²) in [6.45, 7) is 3.02. The number of hydrogen-bond acceptors (Lipinski definition) is 3. The van der Waals surface area contributed by atoms with Gasteiger partial charge in [0.1, 0.15) is 0 Å². The Morgan fingerprint density at radius 3 is 2.65 bits per heavy atom. The molecule has 1 aromatic carbocycles. The molecule has 0 amide bonds. The van der Waals surface area contributed by atoms with Gasteiger partial charge in [0.05, 0.1) is 6.10 Å². The summed E-state index contributed by atoms with van der Waals surface area (Å²) in [6.07, 6.45) is -0.553. The Bertz CT molecular complexity index is 356. The minimum atomic E-state index is -0.751. The molecular weight excluding hydrogens is 258 g/mol. The summed E-state index contributed by atoms with van der Waals surface area (Å²) in [5.41, 5.74) is 0.832. The molecule has 0 saturated heterocycles. The summed E-state index contributed by atoms with van der Waals surface area (Å²) in [4.78, 5) is 0. The molecule has 0 fully saturated rings. The van der Waals surface area contributed by atoms with Crippen molar-refractivity contribution < 1.29 is 9.32 Å². The summed E-state index contributed by atoms with van der Waals surface area (Å²) in [5.74, 6) is 1.31. The third-order valence-corrected chi connectivity index (χ3v) is 3.98. The zero-order valence-electron chi connectivity index (χ0n) is 9.86. The molecule has 0 aliphatic carbocycles. The van der Waals surface area contributed by atoms with Crippen molar-refractivity contribution in [3.63, 3.8) is 0 Å². The second-order valence-corrected chi connectivity index (χ2v) is 6.01. The molecular formula is C12H18ClNO2S. The lowest BCUT2D eigenvalue weighted by molar-refractivity contribution is 0.175. The normalized spacial score (nSPS) is 14.5. The Hall–Kier alpha value is -0.420. The molecule has 2 atom stereocenters. The quantitative estimate of drug-likeness (QED) is 0.745. The third kappa shape index (κ3) is 5.64. The van der Waals surface area contributed by atoms with E-state index in [1.807, 2.05) is 6.92 Å². The van der Waals surface area contributed by atoms with Crippen LogP contribution in [0, 0.1) is 0 Å². The molecule has 17 heavy (non-hydrogen) atoms. The third-order valence-electron chi connectivity index (χ3n) is 2.42. The fraction of sp³-hybridized carbons (Fsp3) is 0.500. The molecule has 1 rings (SSSR count). The van der Waals surface area contributed by atoms with Gasteiger partial charge in [-0.15, -0.1) is 0 Å². The van der Waals surface area contributed by atoms with E-state index in [-0.39, 0.29) is 0 Å². The van der Waals surface area contributed by atoms with Gasteiger partial charge in [0.2, 0.25) is 0 Å². The fourth-order valence-corrected chi connectivity index (χ4v) is 2.16. The number of halogens is 1. The van der Waals surface area contributed by atoms with Crippen LogP contribution in [0.1, 0.15) is 18.6 Å². The predicted octanol–water partition coefficient (Wildman–Crippen LogP) is 1.73. The largest absolute Gasteiger partial charge is 0.387 e. The van der Waals surface area contributed by atoms with Crippen LogP contribution in [-0.4, -0.2) is 33.9 Å². The molecule has 0 aromatic heterocycles. The van der Waals surface area contributed by atoms with Crippen molar-refractivity contribution in [3.8, 4) is 0 Å². The van der Waals surface area contributed by atoms with Gasteiger partial charge >= 0.3 is 0 Å². The van der Waals surface area contributed by atoms with E-state index in [1.165, 1.54) is 0 Å². The summed E-state index contributed by atoms with van der Waals surface area (Å²) >= 11 is 5.76. The summed E-state index contributed by atoms with van der Waals surface area (Å²) < 4.78 is 11.2. The minimum absolute atomic E-state index is 0.461. The van der Waals surface area contributed by atoms with Crippen LogP contribution in [-0.2, 0) is 10.8 Å². The van der Waals surface area contributed by atoms with Crippen LogP contribution < -0.4 is 5.32 Å². The molecule has 0 aliphatic rings. The van der Waals surface area contributed by atoms with Crippen molar-refractivity contribution in [3.05, 3.63) is 34.9 Å². The first-order chi connectivity index (χ1) is 8.13. The van der Waals surface area contributed by atoms with Gasteiger partial charge in [-0.25, -0.2) is 0 Å². The van der Waals surface area contributed by atoms with Gasteiger partial charge in [0, 0.05) is 40.4 Å². The number of nitrogens with one attached hydrogen (secondary N) is 1. The van der Waals surface area contributed by atoms with Crippen molar-refractivity contribution >= 4 is 22.4 Å². The molecule has 0 spiro atoms. The van der Waals surface area contributed by atoms with E-state index in [9.17, 15) is 9.32 Å². The Morgan fingerprint density at radius 1 is 1.41 bits per heavy atom. The maximum atomic E-state index is 11.2. The summed E-state index contributed by atoms with van der Waals surface area (Å²) in [6, 6.07) is 7.12. The van der Waals surface area contributed by atoms with Crippen LogP contribution in [0.15, 0.2) is 24.3 Å². The average molecular weight is 276 g/mol. The molecule has 3 nitrogen and oxygen atoms in total. The standard InChI is InChI=1S/C12H18ClNO2S/c1-2-17(16)8-7-14-9-12(15)10-3-5-11(13)6-4-10/h3-6,12,14-15H,2,7-9H2,1H3. The van der Waals surface area contributed by atoms with E-state index < -0.39 is 16.9 Å². The van der Waals surface area contributed by atoms with Crippen LogP contribution in [0.3, 0.4) is 0 Å². The van der Waals surface area contributed by atoms with E-state index in [0.717, 1.165) is 5.56 Å². The molecule has 0 radical (unpaired) electrons. The second kappa shape index (κ2) is 7.82. The van der Waals surface area contributed by atoms with E-state index in [1.54, 1.807) is 24.3 Å².